The molecule has 1 aromatic rings. The SMILES string of the molecule is CCCC1(CNCC(O)c2cccc(C(F)(F)F)c2)CC1. The van der Waals surface area contributed by atoms with Crippen molar-refractivity contribution < 1.29 is 18.3 Å². The van der Waals surface area contributed by atoms with Gasteiger partial charge < -0.3 is 10.4 Å². The fourth-order valence-corrected chi connectivity index (χ4v) is 2.74. The molecule has 1 aliphatic rings. The van der Waals surface area contributed by atoms with E-state index in [9.17, 15) is 18.3 Å². The highest BCUT2D eigenvalue weighted by Crippen LogP contribution is 2.48. The molecule has 1 fully saturated rings. The minimum absolute atomic E-state index is 0.284. The lowest BCUT2D eigenvalue weighted by Gasteiger charge is -2.18. The molecule has 1 unspecified atom stereocenters. The molecule has 2 N–H and O–H groups in total. The molecule has 0 radical (unpaired) electrons. The first kappa shape index (κ1) is 16.3. The van der Waals surface area contributed by atoms with Crippen molar-refractivity contribution in [3.63, 3.8) is 0 Å². The van der Waals surface area contributed by atoms with E-state index in [1.807, 2.05) is 0 Å². The van der Waals surface area contributed by atoms with Crippen molar-refractivity contribution >= 4 is 0 Å². The van der Waals surface area contributed by atoms with Crippen LogP contribution in [0.1, 0.15) is 49.8 Å². The summed E-state index contributed by atoms with van der Waals surface area (Å²) < 4.78 is 37.9. The van der Waals surface area contributed by atoms with Gasteiger partial charge in [-0.1, -0.05) is 25.5 Å². The second kappa shape index (κ2) is 6.36. The van der Waals surface area contributed by atoms with Crippen LogP contribution in [0.4, 0.5) is 13.2 Å². The molecule has 1 aromatic carbocycles. The second-order valence-electron chi connectivity index (χ2n) is 6.02. The molecule has 0 saturated heterocycles. The summed E-state index contributed by atoms with van der Waals surface area (Å²) in [7, 11) is 0. The van der Waals surface area contributed by atoms with Crippen LogP contribution in [0, 0.1) is 5.41 Å². The summed E-state index contributed by atoms with van der Waals surface area (Å²) in [5.74, 6) is 0. The zero-order chi connectivity index (χ0) is 15.5. The molecule has 0 heterocycles. The smallest absolute Gasteiger partial charge is 0.387 e. The Labute approximate surface area is 123 Å². The number of aliphatic hydroxyl groups excluding tert-OH is 1. The van der Waals surface area contributed by atoms with E-state index in [4.69, 9.17) is 0 Å². The highest BCUT2D eigenvalue weighted by molar-refractivity contribution is 5.27. The fraction of sp³-hybridized carbons (Fsp3) is 0.625. The maximum Gasteiger partial charge on any atom is 0.416 e. The number of rotatable bonds is 7. The summed E-state index contributed by atoms with van der Waals surface area (Å²) in [5.41, 5.74) is -0.0520. The van der Waals surface area contributed by atoms with Gasteiger partial charge >= 0.3 is 6.18 Å². The van der Waals surface area contributed by atoms with Crippen LogP contribution in [0.3, 0.4) is 0 Å². The first-order chi connectivity index (χ1) is 9.86. The Hall–Kier alpha value is -1.07. The monoisotopic (exact) mass is 301 g/mol. The van der Waals surface area contributed by atoms with Gasteiger partial charge in [0.2, 0.25) is 0 Å². The predicted molar refractivity (Wildman–Crippen MR) is 75.8 cm³/mol. The first-order valence-corrected chi connectivity index (χ1v) is 7.42. The van der Waals surface area contributed by atoms with Gasteiger partial charge in [-0.2, -0.15) is 13.2 Å². The molecule has 1 saturated carbocycles. The standard InChI is InChI=1S/C16H22F3NO/c1-2-6-15(7-8-15)11-20-10-14(21)12-4-3-5-13(9-12)16(17,18)19/h3-5,9,14,20-21H,2,6-8,10-11H2,1H3. The molecule has 0 bridgehead atoms. The van der Waals surface area contributed by atoms with Crippen molar-refractivity contribution in [2.45, 2.75) is 44.9 Å². The minimum Gasteiger partial charge on any atom is -0.387 e. The Bertz CT molecular complexity index is 469. The first-order valence-electron chi connectivity index (χ1n) is 7.42. The zero-order valence-corrected chi connectivity index (χ0v) is 12.2. The quantitative estimate of drug-likeness (QED) is 0.800. The number of alkyl halides is 3. The lowest BCUT2D eigenvalue weighted by Crippen LogP contribution is -2.28. The van der Waals surface area contributed by atoms with Crippen LogP contribution in [0.2, 0.25) is 0 Å². The van der Waals surface area contributed by atoms with Gasteiger partial charge in [0.05, 0.1) is 11.7 Å². The normalized spacial score (nSPS) is 18.5. The summed E-state index contributed by atoms with van der Waals surface area (Å²) in [6, 6.07) is 4.90. The average molecular weight is 301 g/mol. The lowest BCUT2D eigenvalue weighted by atomic mass is 10.0. The van der Waals surface area contributed by atoms with Gasteiger partial charge in [0.15, 0.2) is 0 Å². The maximum absolute atomic E-state index is 12.6. The molecular weight excluding hydrogens is 279 g/mol. The van der Waals surface area contributed by atoms with Crippen molar-refractivity contribution in [2.24, 2.45) is 5.41 Å². The van der Waals surface area contributed by atoms with Crippen LogP contribution in [-0.4, -0.2) is 18.2 Å². The summed E-state index contributed by atoms with van der Waals surface area (Å²) in [6.45, 7) is 3.27. The second-order valence-corrected chi connectivity index (χ2v) is 6.02. The Kier molecular flexibility index (Phi) is 4.94. The van der Waals surface area contributed by atoms with Crippen LogP contribution >= 0.6 is 0 Å². The van der Waals surface area contributed by atoms with E-state index in [-0.39, 0.29) is 6.54 Å². The molecule has 0 aliphatic heterocycles. The van der Waals surface area contributed by atoms with Gasteiger partial charge in [-0.05, 0) is 42.4 Å². The molecule has 0 spiro atoms. The van der Waals surface area contributed by atoms with Crippen LogP contribution in [0.5, 0.6) is 0 Å². The van der Waals surface area contributed by atoms with Crippen molar-refractivity contribution in [3.8, 4) is 0 Å². The Morgan fingerprint density at radius 1 is 1.33 bits per heavy atom. The molecule has 2 nitrogen and oxygen atoms in total. The van der Waals surface area contributed by atoms with Gasteiger partial charge in [0.1, 0.15) is 0 Å². The summed E-state index contributed by atoms with van der Waals surface area (Å²) in [5, 5.41) is 13.2. The van der Waals surface area contributed by atoms with Crippen LogP contribution in [-0.2, 0) is 6.18 Å². The molecular formula is C16H22F3NO. The number of benzene rings is 1. The van der Waals surface area contributed by atoms with Gasteiger partial charge in [-0.25, -0.2) is 0 Å². The van der Waals surface area contributed by atoms with E-state index < -0.39 is 17.8 Å². The summed E-state index contributed by atoms with van der Waals surface area (Å²) >= 11 is 0. The van der Waals surface area contributed by atoms with Crippen LogP contribution in [0.25, 0.3) is 0 Å². The molecule has 118 valence electrons. The summed E-state index contributed by atoms with van der Waals surface area (Å²) in [4.78, 5) is 0. The molecule has 2 rings (SSSR count). The fourth-order valence-electron chi connectivity index (χ4n) is 2.74. The zero-order valence-electron chi connectivity index (χ0n) is 12.2. The Morgan fingerprint density at radius 3 is 2.62 bits per heavy atom. The van der Waals surface area contributed by atoms with Crippen molar-refractivity contribution in [3.05, 3.63) is 35.4 Å². The summed E-state index contributed by atoms with van der Waals surface area (Å²) in [6.07, 6.45) is -0.578. The van der Waals surface area contributed by atoms with E-state index in [1.54, 1.807) is 0 Å². The van der Waals surface area contributed by atoms with E-state index in [0.29, 0.717) is 11.0 Å². The lowest BCUT2D eigenvalue weighted by molar-refractivity contribution is -0.137. The number of halogens is 3. The Morgan fingerprint density at radius 2 is 2.05 bits per heavy atom. The topological polar surface area (TPSA) is 32.3 Å². The third-order valence-corrected chi connectivity index (χ3v) is 4.17. The number of aliphatic hydroxyl groups is 1. The maximum atomic E-state index is 12.6. The van der Waals surface area contributed by atoms with Crippen LogP contribution < -0.4 is 5.32 Å². The molecule has 21 heavy (non-hydrogen) atoms. The Balaban J connectivity index is 1.87. The van der Waals surface area contributed by atoms with E-state index in [1.165, 1.54) is 31.4 Å². The third kappa shape index (κ3) is 4.45. The van der Waals surface area contributed by atoms with Gasteiger partial charge in [0, 0.05) is 13.1 Å². The minimum atomic E-state index is -4.37. The number of hydrogen-bond donors (Lipinski definition) is 2. The molecule has 5 heteroatoms. The molecule has 0 aromatic heterocycles. The predicted octanol–water partition coefficient (Wildman–Crippen LogP) is 3.91. The average Bonchev–Trinajstić information content (AvgIpc) is 3.18. The van der Waals surface area contributed by atoms with Gasteiger partial charge in [0.25, 0.3) is 0 Å². The van der Waals surface area contributed by atoms with E-state index >= 15 is 0 Å². The number of hydrogen-bond acceptors (Lipinski definition) is 2. The van der Waals surface area contributed by atoms with Gasteiger partial charge in [-0.3, -0.25) is 0 Å². The molecule has 0 amide bonds. The van der Waals surface area contributed by atoms with Crippen molar-refractivity contribution in [2.75, 3.05) is 13.1 Å². The highest BCUT2D eigenvalue weighted by Gasteiger charge is 2.40. The van der Waals surface area contributed by atoms with E-state index in [2.05, 4.69) is 12.2 Å². The third-order valence-electron chi connectivity index (χ3n) is 4.17. The molecule has 1 atom stereocenters. The van der Waals surface area contributed by atoms with Gasteiger partial charge in [-0.15, -0.1) is 0 Å². The highest BCUT2D eigenvalue weighted by atomic mass is 19.4. The van der Waals surface area contributed by atoms with Crippen molar-refractivity contribution in [1.29, 1.82) is 0 Å². The van der Waals surface area contributed by atoms with Crippen molar-refractivity contribution in [1.82, 2.24) is 5.32 Å². The van der Waals surface area contributed by atoms with Crippen LogP contribution in [0.15, 0.2) is 24.3 Å². The van der Waals surface area contributed by atoms with E-state index in [0.717, 1.165) is 25.1 Å². The molecule has 1 aliphatic carbocycles. The largest absolute Gasteiger partial charge is 0.416 e. The number of nitrogens with one attached hydrogen (secondary N) is 1.